The fraction of sp³-hybridized carbons (Fsp3) is 0.333. The van der Waals surface area contributed by atoms with Crippen molar-refractivity contribution in [2.45, 2.75) is 6.92 Å². The van der Waals surface area contributed by atoms with Gasteiger partial charge in [0.25, 0.3) is 0 Å². The van der Waals surface area contributed by atoms with Gasteiger partial charge in [-0.3, -0.25) is 0 Å². The number of aryl methyl sites for hydroxylation is 2. The van der Waals surface area contributed by atoms with E-state index in [-0.39, 0.29) is 0 Å². The molecular weight excluding hydrogens is 156 g/mol. The summed E-state index contributed by atoms with van der Waals surface area (Å²) in [6.45, 7) is 1.83. The van der Waals surface area contributed by atoms with Crippen molar-refractivity contribution in [3.05, 3.63) is 18.5 Å². The van der Waals surface area contributed by atoms with Gasteiger partial charge in [-0.15, -0.1) is 0 Å². The molecule has 2 aromatic rings. The molecule has 0 aliphatic carbocycles. The molecule has 0 amide bonds. The highest BCUT2D eigenvalue weighted by molar-refractivity contribution is 5.07. The van der Waals surface area contributed by atoms with Crippen molar-refractivity contribution in [2.24, 2.45) is 7.05 Å². The Morgan fingerprint density at radius 2 is 2.25 bits per heavy atom. The molecule has 0 aliphatic heterocycles. The van der Waals surface area contributed by atoms with Crippen molar-refractivity contribution < 1.29 is 0 Å². The van der Waals surface area contributed by atoms with Crippen LogP contribution in [0.2, 0.25) is 0 Å². The summed E-state index contributed by atoms with van der Waals surface area (Å²) >= 11 is 0. The van der Waals surface area contributed by atoms with Crippen molar-refractivity contribution in [2.75, 3.05) is 0 Å². The summed E-state index contributed by atoms with van der Waals surface area (Å²) in [4.78, 5) is 7.98. The monoisotopic (exact) mass is 164 g/mol. The van der Waals surface area contributed by atoms with Gasteiger partial charge in [-0.25, -0.2) is 9.67 Å². The molecule has 0 atom stereocenters. The summed E-state index contributed by atoms with van der Waals surface area (Å²) < 4.78 is 3.23. The van der Waals surface area contributed by atoms with E-state index in [9.17, 15) is 0 Å². The predicted molar refractivity (Wildman–Crippen MR) is 40.7 cm³/mol. The van der Waals surface area contributed by atoms with Crippen molar-refractivity contribution in [1.82, 2.24) is 29.5 Å². The average molecular weight is 164 g/mol. The molecule has 0 saturated heterocycles. The zero-order valence-electron chi connectivity index (χ0n) is 6.84. The van der Waals surface area contributed by atoms with E-state index < -0.39 is 0 Å². The fourth-order valence-electron chi connectivity index (χ4n) is 1.01. The Hall–Kier alpha value is -1.72. The molecule has 6 heteroatoms. The van der Waals surface area contributed by atoms with Crippen LogP contribution >= 0.6 is 0 Å². The minimum Gasteiger partial charge on any atom is -0.233 e. The van der Waals surface area contributed by atoms with Crippen LogP contribution in [0.4, 0.5) is 0 Å². The molecular formula is C6H8N6. The lowest BCUT2D eigenvalue weighted by Crippen LogP contribution is -2.04. The van der Waals surface area contributed by atoms with Gasteiger partial charge in [-0.1, -0.05) is 0 Å². The summed E-state index contributed by atoms with van der Waals surface area (Å²) in [5, 5.41) is 8.03. The van der Waals surface area contributed by atoms with E-state index in [4.69, 9.17) is 0 Å². The molecule has 0 saturated carbocycles. The number of aromatic nitrogens is 6. The lowest BCUT2D eigenvalue weighted by atomic mass is 10.7. The zero-order chi connectivity index (χ0) is 8.55. The Morgan fingerprint density at radius 3 is 2.75 bits per heavy atom. The quantitative estimate of drug-likeness (QED) is 0.580. The molecule has 0 aromatic carbocycles. The van der Waals surface area contributed by atoms with Crippen LogP contribution in [0.5, 0.6) is 0 Å². The summed E-state index contributed by atoms with van der Waals surface area (Å²) in [6, 6.07) is 0. The Kier molecular flexibility index (Phi) is 1.39. The minimum atomic E-state index is 0.671. The third kappa shape index (κ3) is 0.969. The van der Waals surface area contributed by atoms with Crippen LogP contribution in [0.15, 0.2) is 12.7 Å². The normalized spacial score (nSPS) is 10.5. The summed E-state index contributed by atoms with van der Waals surface area (Å²) in [7, 11) is 1.82. The van der Waals surface area contributed by atoms with Crippen molar-refractivity contribution in [3.8, 4) is 5.95 Å². The molecule has 6 nitrogen and oxygen atoms in total. The van der Waals surface area contributed by atoms with Gasteiger partial charge in [0.15, 0.2) is 0 Å². The molecule has 0 aliphatic rings. The standard InChI is InChI=1S/C6H8N6/c1-5-9-6(11(2)10-5)12-4-7-3-8-12/h3-4H,1-2H3. The Labute approximate surface area is 68.9 Å². The summed E-state index contributed by atoms with van der Waals surface area (Å²) in [5.41, 5.74) is 0. The maximum atomic E-state index is 4.16. The Bertz CT molecular complexity index is 373. The molecule has 0 unspecified atom stereocenters. The Balaban J connectivity index is 2.54. The SMILES string of the molecule is Cc1nc(-n2cncn2)n(C)n1. The first-order valence-corrected chi connectivity index (χ1v) is 3.50. The largest absolute Gasteiger partial charge is 0.250 e. The fourth-order valence-corrected chi connectivity index (χ4v) is 1.01. The summed E-state index contributed by atoms with van der Waals surface area (Å²) in [5.74, 6) is 1.40. The minimum absolute atomic E-state index is 0.671. The van der Waals surface area contributed by atoms with Gasteiger partial charge in [-0.05, 0) is 6.92 Å². The number of hydrogen-bond acceptors (Lipinski definition) is 4. The van der Waals surface area contributed by atoms with Gasteiger partial charge in [-0.2, -0.15) is 19.9 Å². The van der Waals surface area contributed by atoms with Crippen LogP contribution in [-0.4, -0.2) is 29.5 Å². The first-order chi connectivity index (χ1) is 5.77. The van der Waals surface area contributed by atoms with Gasteiger partial charge in [0.05, 0.1) is 0 Å². The molecule has 2 aromatic heterocycles. The van der Waals surface area contributed by atoms with Gasteiger partial charge in [0.1, 0.15) is 18.5 Å². The van der Waals surface area contributed by atoms with Crippen LogP contribution in [0.3, 0.4) is 0 Å². The van der Waals surface area contributed by atoms with Crippen LogP contribution in [0.25, 0.3) is 5.95 Å². The smallest absolute Gasteiger partial charge is 0.233 e. The molecule has 0 fully saturated rings. The van der Waals surface area contributed by atoms with Crippen molar-refractivity contribution in [1.29, 1.82) is 0 Å². The molecule has 2 heterocycles. The highest BCUT2D eigenvalue weighted by Gasteiger charge is 2.05. The third-order valence-electron chi connectivity index (χ3n) is 1.47. The van der Waals surface area contributed by atoms with Crippen LogP contribution < -0.4 is 0 Å². The predicted octanol–water partition coefficient (Wildman–Crippen LogP) is -0.296. The van der Waals surface area contributed by atoms with Crippen LogP contribution in [0, 0.1) is 6.92 Å². The van der Waals surface area contributed by atoms with Crippen LogP contribution in [-0.2, 0) is 7.05 Å². The molecule has 12 heavy (non-hydrogen) atoms. The van der Waals surface area contributed by atoms with E-state index in [1.807, 2.05) is 14.0 Å². The second-order valence-electron chi connectivity index (χ2n) is 2.42. The van der Waals surface area contributed by atoms with Gasteiger partial charge < -0.3 is 0 Å². The molecule has 0 N–H and O–H groups in total. The van der Waals surface area contributed by atoms with E-state index in [0.29, 0.717) is 5.95 Å². The molecule has 2 rings (SSSR count). The van der Waals surface area contributed by atoms with Gasteiger partial charge in [0, 0.05) is 7.05 Å². The maximum absolute atomic E-state index is 4.16. The average Bonchev–Trinajstić information content (AvgIpc) is 2.58. The highest BCUT2D eigenvalue weighted by Crippen LogP contribution is 1.99. The lowest BCUT2D eigenvalue weighted by Gasteiger charge is -1.95. The van der Waals surface area contributed by atoms with E-state index >= 15 is 0 Å². The molecule has 0 radical (unpaired) electrons. The first kappa shape index (κ1) is 6.96. The maximum Gasteiger partial charge on any atom is 0.250 e. The Morgan fingerprint density at radius 1 is 1.42 bits per heavy atom. The van der Waals surface area contributed by atoms with Crippen LogP contribution in [0.1, 0.15) is 5.82 Å². The zero-order valence-corrected chi connectivity index (χ0v) is 6.84. The van der Waals surface area contributed by atoms with E-state index in [0.717, 1.165) is 5.82 Å². The molecule has 0 spiro atoms. The third-order valence-corrected chi connectivity index (χ3v) is 1.47. The second-order valence-corrected chi connectivity index (χ2v) is 2.42. The topological polar surface area (TPSA) is 61.4 Å². The first-order valence-electron chi connectivity index (χ1n) is 3.50. The highest BCUT2D eigenvalue weighted by atomic mass is 15.5. The second kappa shape index (κ2) is 2.40. The number of hydrogen-bond donors (Lipinski definition) is 0. The van der Waals surface area contributed by atoms with E-state index in [2.05, 4.69) is 20.2 Å². The lowest BCUT2D eigenvalue weighted by molar-refractivity contribution is 0.686. The number of nitrogens with zero attached hydrogens (tertiary/aromatic N) is 6. The molecule has 62 valence electrons. The van der Waals surface area contributed by atoms with E-state index in [1.54, 1.807) is 15.7 Å². The van der Waals surface area contributed by atoms with Gasteiger partial charge in [0.2, 0.25) is 5.95 Å². The van der Waals surface area contributed by atoms with Crippen molar-refractivity contribution in [3.63, 3.8) is 0 Å². The summed E-state index contributed by atoms with van der Waals surface area (Å²) in [6.07, 6.45) is 3.05. The van der Waals surface area contributed by atoms with E-state index in [1.165, 1.54) is 6.33 Å². The van der Waals surface area contributed by atoms with Gasteiger partial charge >= 0.3 is 0 Å². The molecule has 0 bridgehead atoms. The number of rotatable bonds is 1. The van der Waals surface area contributed by atoms with Crippen molar-refractivity contribution >= 4 is 0 Å².